The number of hydrogen-bond donors (Lipinski definition) is 1. The standard InChI is InChI=1S/C29H26NS3.C15H28O2.Ir/c1-6-7-19-16(2)32-22-8-9-23-25(24(19)22)20-10-12-30-26(28(20)33-23)18-14-17-11-13-31-27(17)21(15-18)29(3,4)5;1-7-14(5,8-2)12(16)11-13(17)15(6,9-3)10-4;/h8-13,15H,6-7H2,1-5H3;11,16H,7-10H2,1-6H3;/q-1;;/b;12-11-;. The Morgan fingerprint density at radius 1 is 0.863 bits per heavy atom. The van der Waals surface area contributed by atoms with Gasteiger partial charge >= 0.3 is 0 Å². The number of allylic oxidation sites excluding steroid dienone is 2. The number of aliphatic hydroxyl groups is 1. The second-order valence-corrected chi connectivity index (χ2v) is 18.5. The number of ketones is 1. The molecule has 0 spiro atoms. The summed E-state index contributed by atoms with van der Waals surface area (Å²) in [6.07, 6.45) is 9.05. The third-order valence-corrected chi connectivity index (χ3v) is 14.4. The molecule has 2 aromatic carbocycles. The molecule has 0 aliphatic carbocycles. The van der Waals surface area contributed by atoms with E-state index in [1.54, 1.807) is 0 Å². The van der Waals surface area contributed by atoms with E-state index in [-0.39, 0.29) is 47.9 Å². The number of aromatic nitrogens is 1. The zero-order chi connectivity index (χ0) is 36.6. The summed E-state index contributed by atoms with van der Waals surface area (Å²) < 4.78 is 5.38. The predicted molar refractivity (Wildman–Crippen MR) is 223 cm³/mol. The van der Waals surface area contributed by atoms with Crippen LogP contribution in [0.5, 0.6) is 0 Å². The molecule has 0 saturated carbocycles. The van der Waals surface area contributed by atoms with Crippen LogP contribution in [0.15, 0.2) is 53.7 Å². The van der Waals surface area contributed by atoms with Gasteiger partial charge in [0, 0.05) is 78.7 Å². The molecule has 3 nitrogen and oxygen atoms in total. The fourth-order valence-electron chi connectivity index (χ4n) is 6.68. The minimum absolute atomic E-state index is 0. The fourth-order valence-corrected chi connectivity index (χ4v) is 10.1. The maximum Gasteiger partial charge on any atom is 0.164 e. The van der Waals surface area contributed by atoms with Crippen LogP contribution in [0.4, 0.5) is 0 Å². The molecule has 0 aliphatic heterocycles. The molecule has 275 valence electrons. The monoisotopic (exact) mass is 917 g/mol. The Labute approximate surface area is 330 Å². The Hall–Kier alpha value is -2.41. The van der Waals surface area contributed by atoms with Crippen molar-refractivity contribution in [2.24, 2.45) is 10.8 Å². The largest absolute Gasteiger partial charge is 0.512 e. The number of fused-ring (bicyclic) bond motifs is 6. The number of rotatable bonds is 10. The zero-order valence-electron chi connectivity index (χ0n) is 32.2. The van der Waals surface area contributed by atoms with Gasteiger partial charge in [-0.3, -0.25) is 9.78 Å². The molecule has 7 heteroatoms. The molecule has 1 radical (unpaired) electrons. The maximum atomic E-state index is 12.2. The molecule has 4 heterocycles. The first-order valence-electron chi connectivity index (χ1n) is 18.3. The van der Waals surface area contributed by atoms with Crippen LogP contribution in [0, 0.1) is 23.8 Å². The van der Waals surface area contributed by atoms with Crippen LogP contribution >= 0.6 is 34.0 Å². The van der Waals surface area contributed by atoms with Gasteiger partial charge < -0.3 is 5.11 Å². The smallest absolute Gasteiger partial charge is 0.164 e. The van der Waals surface area contributed by atoms with E-state index in [1.807, 2.05) is 81.7 Å². The Kier molecular flexibility index (Phi) is 13.2. The summed E-state index contributed by atoms with van der Waals surface area (Å²) in [7, 11) is 0. The fraction of sp³-hybridized carbons (Fsp3) is 0.455. The molecule has 1 N–H and O–H groups in total. The van der Waals surface area contributed by atoms with Crippen molar-refractivity contribution in [1.82, 2.24) is 4.98 Å². The van der Waals surface area contributed by atoms with Crippen molar-refractivity contribution in [2.45, 2.75) is 120 Å². The van der Waals surface area contributed by atoms with Gasteiger partial charge in [-0.25, -0.2) is 0 Å². The molecule has 4 aromatic heterocycles. The molecule has 6 aromatic rings. The van der Waals surface area contributed by atoms with Gasteiger partial charge in [-0.1, -0.05) is 86.8 Å². The van der Waals surface area contributed by atoms with Crippen molar-refractivity contribution in [2.75, 3.05) is 0 Å². The molecule has 6 rings (SSSR count). The molecule has 0 unspecified atom stereocenters. The van der Waals surface area contributed by atoms with Gasteiger partial charge in [-0.15, -0.1) is 46.3 Å². The maximum absolute atomic E-state index is 12.2. The molecule has 0 atom stereocenters. The van der Waals surface area contributed by atoms with E-state index < -0.39 is 0 Å². The first-order valence-corrected chi connectivity index (χ1v) is 20.8. The number of aliphatic hydroxyl groups excluding tert-OH is 1. The van der Waals surface area contributed by atoms with E-state index >= 15 is 0 Å². The Bertz CT molecular complexity index is 2180. The molecule has 0 aliphatic rings. The second kappa shape index (κ2) is 16.3. The predicted octanol–water partition coefficient (Wildman–Crippen LogP) is 14.6. The van der Waals surface area contributed by atoms with Crippen molar-refractivity contribution in [1.29, 1.82) is 0 Å². The quantitative estimate of drug-likeness (QED) is 0.0846. The van der Waals surface area contributed by atoms with Crippen molar-refractivity contribution in [3.05, 3.63) is 75.8 Å². The summed E-state index contributed by atoms with van der Waals surface area (Å²) in [4.78, 5) is 18.6. The van der Waals surface area contributed by atoms with Crippen LogP contribution in [0.1, 0.15) is 117 Å². The van der Waals surface area contributed by atoms with E-state index in [0.29, 0.717) is 0 Å². The summed E-state index contributed by atoms with van der Waals surface area (Å²) in [5, 5.41) is 17.7. The first kappa shape index (κ1) is 41.3. The normalized spacial score (nSPS) is 12.8. The Morgan fingerprint density at radius 2 is 1.49 bits per heavy atom. The van der Waals surface area contributed by atoms with Crippen molar-refractivity contribution >= 4 is 80.1 Å². The van der Waals surface area contributed by atoms with Gasteiger partial charge in [-0.05, 0) is 83.7 Å². The number of benzene rings is 2. The van der Waals surface area contributed by atoms with E-state index in [1.165, 1.54) is 68.8 Å². The van der Waals surface area contributed by atoms with Crippen LogP contribution < -0.4 is 0 Å². The molecule has 0 saturated heterocycles. The van der Waals surface area contributed by atoms with E-state index in [2.05, 4.69) is 76.4 Å². The summed E-state index contributed by atoms with van der Waals surface area (Å²) in [5.41, 5.74) is 4.54. The molecule has 51 heavy (non-hydrogen) atoms. The molecular formula is C44H54IrNO2S3-. The summed E-state index contributed by atoms with van der Waals surface area (Å²) in [6, 6.07) is 15.1. The number of aryl methyl sites for hydroxylation is 2. The van der Waals surface area contributed by atoms with Gasteiger partial charge in [-0.2, -0.15) is 11.3 Å². The summed E-state index contributed by atoms with van der Waals surface area (Å²) in [5.74, 6) is 0.286. The third-order valence-electron chi connectivity index (χ3n) is 11.1. The van der Waals surface area contributed by atoms with Crippen molar-refractivity contribution in [3.63, 3.8) is 0 Å². The zero-order valence-corrected chi connectivity index (χ0v) is 37.1. The number of carbonyl (C=O) groups is 1. The van der Waals surface area contributed by atoms with Gasteiger partial charge in [0.25, 0.3) is 0 Å². The average molecular weight is 917 g/mol. The van der Waals surface area contributed by atoms with Gasteiger partial charge in [0.2, 0.25) is 0 Å². The minimum Gasteiger partial charge on any atom is -0.512 e. The van der Waals surface area contributed by atoms with E-state index in [0.717, 1.165) is 43.4 Å². The molecular weight excluding hydrogens is 863 g/mol. The summed E-state index contributed by atoms with van der Waals surface area (Å²) in [6.45, 7) is 23.5. The first-order chi connectivity index (χ1) is 23.7. The number of thiophene rings is 3. The number of pyridine rings is 1. The molecule has 0 bridgehead atoms. The van der Waals surface area contributed by atoms with E-state index in [4.69, 9.17) is 4.98 Å². The van der Waals surface area contributed by atoms with Gasteiger partial charge in [0.1, 0.15) is 5.76 Å². The second-order valence-electron chi connectivity index (χ2n) is 15.3. The minimum atomic E-state index is -0.337. The van der Waals surface area contributed by atoms with Crippen molar-refractivity contribution < 1.29 is 30.0 Å². The topological polar surface area (TPSA) is 50.2 Å². The Morgan fingerprint density at radius 3 is 2.08 bits per heavy atom. The summed E-state index contributed by atoms with van der Waals surface area (Å²) >= 11 is 5.63. The SMILES string of the molecule is CCC(C)(CC)C(=O)/C=C(\O)C(C)(CC)CC.CCCc1c(C)sc2ccc3sc4c(-c5[c-]c6ccsc6c(C(C)(C)C)c5)nccc4c3c12.[Ir]. The number of carbonyl (C=O) groups excluding carboxylic acids is 1. The van der Waals surface area contributed by atoms with Crippen LogP contribution in [0.25, 0.3) is 51.6 Å². The van der Waals surface area contributed by atoms with Crippen LogP contribution in [-0.4, -0.2) is 15.9 Å². The molecule has 0 fully saturated rings. The van der Waals surface area contributed by atoms with Crippen molar-refractivity contribution in [3.8, 4) is 11.3 Å². The number of hydrogen-bond acceptors (Lipinski definition) is 6. The van der Waals surface area contributed by atoms with Crippen LogP contribution in [-0.2, 0) is 36.7 Å². The number of nitrogens with zero attached hydrogens (tertiary/aromatic N) is 1. The van der Waals surface area contributed by atoms with E-state index in [9.17, 15) is 9.90 Å². The van der Waals surface area contributed by atoms with Crippen LogP contribution in [0.2, 0.25) is 0 Å². The average Bonchev–Trinajstić information content (AvgIpc) is 3.81. The van der Waals surface area contributed by atoms with Crippen LogP contribution in [0.3, 0.4) is 0 Å². The van der Waals surface area contributed by atoms with Gasteiger partial charge in [0.05, 0.1) is 0 Å². The Balaban J connectivity index is 0.000000279. The third kappa shape index (κ3) is 7.94. The molecule has 0 amide bonds. The van der Waals surface area contributed by atoms with Gasteiger partial charge in [0.15, 0.2) is 5.78 Å².